The van der Waals surface area contributed by atoms with Crippen molar-refractivity contribution in [2.45, 2.75) is 25.9 Å². The van der Waals surface area contributed by atoms with Crippen LogP contribution in [0.1, 0.15) is 30.5 Å². The Hall–Kier alpha value is -0.930. The molecule has 0 fully saturated rings. The Balaban J connectivity index is 2.14. The van der Waals surface area contributed by atoms with E-state index in [0.29, 0.717) is 22.2 Å². The van der Waals surface area contributed by atoms with E-state index in [0.717, 1.165) is 12.0 Å². The molecule has 1 atom stereocenters. The molecular weight excluding hydrogens is 329 g/mol. The number of hydrogen-bond donors (Lipinski definition) is 2. The van der Waals surface area contributed by atoms with Crippen molar-refractivity contribution in [2.75, 3.05) is 0 Å². The van der Waals surface area contributed by atoms with E-state index in [2.05, 4.69) is 12.2 Å². The molecule has 0 saturated carbocycles. The highest BCUT2D eigenvalue weighted by Crippen LogP contribution is 2.31. The molecule has 2 aromatic carbocycles. The lowest BCUT2D eigenvalue weighted by molar-refractivity contribution is 0.455. The van der Waals surface area contributed by atoms with E-state index >= 15 is 0 Å². The van der Waals surface area contributed by atoms with E-state index in [1.807, 2.05) is 24.3 Å². The number of benzene rings is 2. The maximum Gasteiger partial charge on any atom is 0.138 e. The number of rotatable bonds is 5. The van der Waals surface area contributed by atoms with E-state index < -0.39 is 0 Å². The Morgan fingerprint density at radius 2 is 1.86 bits per heavy atom. The van der Waals surface area contributed by atoms with E-state index in [1.165, 1.54) is 6.07 Å². The van der Waals surface area contributed by atoms with Gasteiger partial charge in [-0.25, -0.2) is 0 Å². The maximum absolute atomic E-state index is 9.97. The monoisotopic (exact) mass is 343 g/mol. The summed E-state index contributed by atoms with van der Waals surface area (Å²) in [5.41, 5.74) is 1.78. The van der Waals surface area contributed by atoms with E-state index in [4.69, 9.17) is 34.8 Å². The number of aromatic hydroxyl groups is 1. The lowest BCUT2D eigenvalue weighted by Gasteiger charge is -2.18. The maximum atomic E-state index is 9.97. The normalized spacial score (nSPS) is 12.4. The van der Waals surface area contributed by atoms with Crippen LogP contribution in [0.3, 0.4) is 0 Å². The summed E-state index contributed by atoms with van der Waals surface area (Å²) in [5.74, 6) is 0.0644. The molecular formula is C16H16Cl3NO. The van der Waals surface area contributed by atoms with E-state index in [-0.39, 0.29) is 16.8 Å². The van der Waals surface area contributed by atoms with Crippen LogP contribution in [0.25, 0.3) is 0 Å². The molecule has 0 amide bonds. The third-order valence-corrected chi connectivity index (χ3v) is 4.05. The van der Waals surface area contributed by atoms with Crippen LogP contribution < -0.4 is 5.32 Å². The van der Waals surface area contributed by atoms with Gasteiger partial charge in [-0.05, 0) is 36.2 Å². The summed E-state index contributed by atoms with van der Waals surface area (Å²) in [6.45, 7) is 2.56. The van der Waals surface area contributed by atoms with Gasteiger partial charge in [0.1, 0.15) is 5.75 Å². The zero-order valence-corrected chi connectivity index (χ0v) is 13.8. The van der Waals surface area contributed by atoms with Gasteiger partial charge in [0, 0.05) is 28.2 Å². The molecule has 2 N–H and O–H groups in total. The van der Waals surface area contributed by atoms with Gasteiger partial charge in [-0.3, -0.25) is 0 Å². The first-order chi connectivity index (χ1) is 10.0. The lowest BCUT2D eigenvalue weighted by atomic mass is 10.0. The molecule has 1 unspecified atom stereocenters. The van der Waals surface area contributed by atoms with Gasteiger partial charge in [0.15, 0.2) is 0 Å². The minimum absolute atomic E-state index is 0.0644. The van der Waals surface area contributed by atoms with Crippen LogP contribution in [0.5, 0.6) is 5.75 Å². The Bertz CT molecular complexity index is 631. The average molecular weight is 345 g/mol. The SMILES string of the molecule is CCC(NCc1cc(Cl)cc(Cl)c1O)c1cccc(Cl)c1. The summed E-state index contributed by atoms with van der Waals surface area (Å²) in [6.07, 6.45) is 0.898. The van der Waals surface area contributed by atoms with Crippen molar-refractivity contribution < 1.29 is 5.11 Å². The number of phenols is 1. The fourth-order valence-corrected chi connectivity index (χ4v) is 2.94. The van der Waals surface area contributed by atoms with Crippen molar-refractivity contribution in [2.24, 2.45) is 0 Å². The highest BCUT2D eigenvalue weighted by atomic mass is 35.5. The molecule has 0 aliphatic rings. The molecule has 0 aliphatic heterocycles. The highest BCUT2D eigenvalue weighted by molar-refractivity contribution is 6.35. The minimum Gasteiger partial charge on any atom is -0.506 e. The second-order valence-corrected chi connectivity index (χ2v) is 6.07. The van der Waals surface area contributed by atoms with Gasteiger partial charge >= 0.3 is 0 Å². The van der Waals surface area contributed by atoms with Crippen molar-refractivity contribution in [1.82, 2.24) is 5.32 Å². The Morgan fingerprint density at radius 3 is 2.52 bits per heavy atom. The van der Waals surface area contributed by atoms with Gasteiger partial charge in [0.2, 0.25) is 0 Å². The first-order valence-electron chi connectivity index (χ1n) is 6.67. The van der Waals surface area contributed by atoms with E-state index in [1.54, 1.807) is 6.07 Å². The third-order valence-electron chi connectivity index (χ3n) is 3.31. The van der Waals surface area contributed by atoms with Crippen LogP contribution in [0.2, 0.25) is 15.1 Å². The van der Waals surface area contributed by atoms with Crippen molar-refractivity contribution in [3.8, 4) is 5.75 Å². The largest absolute Gasteiger partial charge is 0.506 e. The summed E-state index contributed by atoms with van der Waals surface area (Å²) < 4.78 is 0. The Labute approximate surface area is 139 Å². The standard InChI is InChI=1S/C16H16Cl3NO/c1-2-15(10-4-3-5-12(17)6-10)20-9-11-7-13(18)8-14(19)16(11)21/h3-8,15,20-21H,2,9H2,1H3. The molecule has 5 heteroatoms. The van der Waals surface area contributed by atoms with Crippen molar-refractivity contribution in [3.05, 3.63) is 62.6 Å². The van der Waals surface area contributed by atoms with Crippen LogP contribution in [-0.2, 0) is 6.54 Å². The fourth-order valence-electron chi connectivity index (χ4n) is 2.21. The smallest absolute Gasteiger partial charge is 0.138 e. The molecule has 112 valence electrons. The molecule has 0 bridgehead atoms. The average Bonchev–Trinajstić information content (AvgIpc) is 2.44. The third kappa shape index (κ3) is 4.27. The molecule has 0 aromatic heterocycles. The van der Waals surface area contributed by atoms with Gasteiger partial charge in [-0.15, -0.1) is 0 Å². The number of nitrogens with one attached hydrogen (secondary N) is 1. The quantitative estimate of drug-likeness (QED) is 0.740. The number of halogens is 3. The summed E-state index contributed by atoms with van der Waals surface area (Å²) in [4.78, 5) is 0. The Kier molecular flexibility index (Phi) is 5.77. The van der Waals surface area contributed by atoms with Gasteiger partial charge < -0.3 is 10.4 Å². The summed E-state index contributed by atoms with van der Waals surface area (Å²) in [5, 5.41) is 14.8. The molecule has 21 heavy (non-hydrogen) atoms. The first kappa shape index (κ1) is 16.4. The zero-order chi connectivity index (χ0) is 15.4. The lowest BCUT2D eigenvalue weighted by Crippen LogP contribution is -2.20. The molecule has 0 aliphatic carbocycles. The highest BCUT2D eigenvalue weighted by Gasteiger charge is 2.12. The van der Waals surface area contributed by atoms with E-state index in [9.17, 15) is 5.11 Å². The van der Waals surface area contributed by atoms with Crippen LogP contribution in [-0.4, -0.2) is 5.11 Å². The van der Waals surface area contributed by atoms with Gasteiger partial charge in [0.25, 0.3) is 0 Å². The van der Waals surface area contributed by atoms with Gasteiger partial charge in [0.05, 0.1) is 5.02 Å². The summed E-state index contributed by atoms with van der Waals surface area (Å²) in [6, 6.07) is 11.1. The second kappa shape index (κ2) is 7.37. The first-order valence-corrected chi connectivity index (χ1v) is 7.80. The Morgan fingerprint density at radius 1 is 1.10 bits per heavy atom. The van der Waals surface area contributed by atoms with Crippen molar-refractivity contribution in [1.29, 1.82) is 0 Å². The summed E-state index contributed by atoms with van der Waals surface area (Å²) in [7, 11) is 0. The minimum atomic E-state index is 0.0644. The summed E-state index contributed by atoms with van der Waals surface area (Å²) >= 11 is 17.9. The van der Waals surface area contributed by atoms with Gasteiger partial charge in [-0.1, -0.05) is 53.9 Å². The van der Waals surface area contributed by atoms with Crippen LogP contribution in [0, 0.1) is 0 Å². The molecule has 0 heterocycles. The topological polar surface area (TPSA) is 32.3 Å². The molecule has 2 aromatic rings. The number of hydrogen-bond acceptors (Lipinski definition) is 2. The van der Waals surface area contributed by atoms with Gasteiger partial charge in [-0.2, -0.15) is 0 Å². The van der Waals surface area contributed by atoms with Crippen LogP contribution in [0.15, 0.2) is 36.4 Å². The molecule has 2 nitrogen and oxygen atoms in total. The number of phenolic OH excluding ortho intramolecular Hbond substituents is 1. The predicted molar refractivity (Wildman–Crippen MR) is 89.5 cm³/mol. The molecule has 0 saturated heterocycles. The van der Waals surface area contributed by atoms with Crippen molar-refractivity contribution in [3.63, 3.8) is 0 Å². The molecule has 2 rings (SSSR count). The van der Waals surface area contributed by atoms with Crippen LogP contribution >= 0.6 is 34.8 Å². The van der Waals surface area contributed by atoms with Crippen molar-refractivity contribution >= 4 is 34.8 Å². The second-order valence-electron chi connectivity index (χ2n) is 4.79. The molecule has 0 radical (unpaired) electrons. The predicted octanol–water partition coefficient (Wildman–Crippen LogP) is 5.59. The zero-order valence-electron chi connectivity index (χ0n) is 11.5. The fraction of sp³-hybridized carbons (Fsp3) is 0.250. The molecule has 0 spiro atoms. The van der Waals surface area contributed by atoms with Crippen LogP contribution in [0.4, 0.5) is 0 Å².